The van der Waals surface area contributed by atoms with Gasteiger partial charge in [0, 0.05) is 24.0 Å². The highest BCUT2D eigenvalue weighted by Gasteiger charge is 2.39. The Morgan fingerprint density at radius 1 is 1.35 bits per heavy atom. The monoisotopic (exact) mass is 332 g/mol. The molecule has 0 aliphatic heterocycles. The zero-order chi connectivity index (χ0) is 16.7. The summed E-state index contributed by atoms with van der Waals surface area (Å²) in [6.45, 7) is 1.66. The van der Waals surface area contributed by atoms with E-state index in [0.29, 0.717) is 11.8 Å². The molecule has 0 bridgehead atoms. The Labute approximate surface area is 134 Å². The Morgan fingerprint density at radius 2 is 2.13 bits per heavy atom. The quantitative estimate of drug-likeness (QED) is 0.806. The smallest absolute Gasteiger partial charge is 0.341 e. The van der Waals surface area contributed by atoms with E-state index in [2.05, 4.69) is 4.98 Å². The van der Waals surface area contributed by atoms with Crippen molar-refractivity contribution in [3.05, 3.63) is 54.5 Å². The molecular weight excluding hydrogens is 316 g/mol. The Morgan fingerprint density at radius 3 is 2.78 bits per heavy atom. The maximum Gasteiger partial charge on any atom is 0.341 e. The number of allylic oxidation sites excluding steroid dienone is 3. The summed E-state index contributed by atoms with van der Waals surface area (Å²) >= 11 is 0. The van der Waals surface area contributed by atoms with Crippen molar-refractivity contribution >= 4 is 26.9 Å². The molecule has 23 heavy (non-hydrogen) atoms. The Bertz CT molecular complexity index is 940. The third-order valence-corrected chi connectivity index (χ3v) is 6.33. The molecule has 0 radical (unpaired) electrons. The van der Waals surface area contributed by atoms with Crippen LogP contribution in [0.1, 0.15) is 23.7 Å². The van der Waals surface area contributed by atoms with Gasteiger partial charge in [-0.3, -0.25) is 4.98 Å². The predicted molar refractivity (Wildman–Crippen MR) is 86.7 cm³/mol. The highest BCUT2D eigenvalue weighted by molar-refractivity contribution is 7.91. The lowest BCUT2D eigenvalue weighted by Crippen LogP contribution is -2.38. The summed E-state index contributed by atoms with van der Waals surface area (Å²) in [5.41, 5.74) is 0.411. The molecule has 2 aromatic heterocycles. The fraction of sp³-hybridized carbons (Fsp3) is 0.250. The van der Waals surface area contributed by atoms with Crippen LogP contribution in [0.2, 0.25) is 0 Å². The Kier molecular flexibility index (Phi) is 3.60. The second-order valence-electron chi connectivity index (χ2n) is 5.54. The largest absolute Gasteiger partial charge is 0.465 e. The first-order valence-corrected chi connectivity index (χ1v) is 8.47. The molecule has 0 saturated carbocycles. The molecule has 0 saturated heterocycles. The molecule has 7 heteroatoms. The molecule has 120 valence electrons. The van der Waals surface area contributed by atoms with Crippen LogP contribution < -0.4 is 0 Å². The summed E-state index contributed by atoms with van der Waals surface area (Å²) in [5.74, 6) is -0.623. The molecule has 0 amide bonds. The first kappa shape index (κ1) is 15.5. The summed E-state index contributed by atoms with van der Waals surface area (Å²) in [6, 6.07) is 1.62. The minimum absolute atomic E-state index is 0.123. The van der Waals surface area contributed by atoms with E-state index in [9.17, 15) is 13.2 Å². The van der Waals surface area contributed by atoms with Gasteiger partial charge in [-0.2, -0.15) is 0 Å². The van der Waals surface area contributed by atoms with Gasteiger partial charge in [-0.15, -0.1) is 0 Å². The molecule has 1 aliphatic rings. The number of ether oxygens (including phenoxy) is 1. The molecular formula is C16H16N2O4S. The van der Waals surface area contributed by atoms with E-state index in [4.69, 9.17) is 4.74 Å². The van der Waals surface area contributed by atoms with E-state index in [1.165, 1.54) is 25.7 Å². The normalized spacial score (nSPS) is 20.8. The predicted octanol–water partition coefficient (Wildman–Crippen LogP) is 2.28. The lowest BCUT2D eigenvalue weighted by molar-refractivity contribution is 0.0602. The van der Waals surface area contributed by atoms with Gasteiger partial charge in [0.15, 0.2) is 0 Å². The van der Waals surface area contributed by atoms with Crippen LogP contribution in [0.15, 0.2) is 49.0 Å². The average Bonchev–Trinajstić information content (AvgIpc) is 2.99. The first-order valence-electron chi connectivity index (χ1n) is 7.03. The van der Waals surface area contributed by atoms with E-state index in [-0.39, 0.29) is 11.1 Å². The minimum Gasteiger partial charge on any atom is -0.465 e. The lowest BCUT2D eigenvalue weighted by atomic mass is 10.0. The molecule has 3 rings (SSSR count). The van der Waals surface area contributed by atoms with Crippen LogP contribution >= 0.6 is 0 Å². The van der Waals surface area contributed by atoms with Crippen LogP contribution in [0, 0.1) is 0 Å². The molecule has 0 aromatic carbocycles. The third kappa shape index (κ3) is 2.28. The van der Waals surface area contributed by atoms with Crippen molar-refractivity contribution in [2.24, 2.45) is 0 Å². The zero-order valence-corrected chi connectivity index (χ0v) is 13.6. The third-order valence-electron chi connectivity index (χ3n) is 4.03. The number of methoxy groups -OCH3 is 1. The number of aromatic nitrogens is 2. The summed E-state index contributed by atoms with van der Waals surface area (Å²) in [4.78, 5) is 15.9. The van der Waals surface area contributed by atoms with Crippen molar-refractivity contribution in [3.8, 4) is 0 Å². The van der Waals surface area contributed by atoms with Gasteiger partial charge >= 0.3 is 5.97 Å². The van der Waals surface area contributed by atoms with Crippen LogP contribution in [0.4, 0.5) is 0 Å². The van der Waals surface area contributed by atoms with Gasteiger partial charge in [0.05, 0.1) is 12.6 Å². The fourth-order valence-corrected chi connectivity index (χ4v) is 4.32. The maximum absolute atomic E-state index is 13.2. The molecule has 0 N–H and O–H groups in total. The van der Waals surface area contributed by atoms with E-state index >= 15 is 0 Å². The highest BCUT2D eigenvalue weighted by Crippen LogP contribution is 2.32. The summed E-state index contributed by atoms with van der Waals surface area (Å²) in [5, 5.41) is 0.565. The minimum atomic E-state index is -3.77. The molecule has 6 nitrogen and oxygen atoms in total. The number of esters is 1. The second kappa shape index (κ2) is 5.34. The van der Waals surface area contributed by atoms with Crippen molar-refractivity contribution < 1.29 is 17.9 Å². The standard InChI is InChI=1S/C16H16N2O4S/c1-16(7-4-3-5-8-16)23(20,21)18-9-6-12-10-17-11-13(14(12)18)15(19)22-2/h3-7,9-11H,8H2,1-2H3. The van der Waals surface area contributed by atoms with E-state index < -0.39 is 20.7 Å². The van der Waals surface area contributed by atoms with E-state index in [1.807, 2.05) is 12.2 Å². The number of rotatable bonds is 3. The summed E-state index contributed by atoms with van der Waals surface area (Å²) in [6.07, 6.45) is 11.7. The van der Waals surface area contributed by atoms with Gasteiger partial charge in [0.2, 0.25) is 10.0 Å². The van der Waals surface area contributed by atoms with Crippen molar-refractivity contribution in [2.45, 2.75) is 18.1 Å². The maximum atomic E-state index is 13.2. The van der Waals surface area contributed by atoms with Crippen LogP contribution in [0.25, 0.3) is 10.9 Å². The molecule has 0 spiro atoms. The summed E-state index contributed by atoms with van der Waals surface area (Å²) in [7, 11) is -2.52. The number of hydrogen-bond acceptors (Lipinski definition) is 5. The number of pyridine rings is 1. The zero-order valence-electron chi connectivity index (χ0n) is 12.8. The number of fused-ring (bicyclic) bond motifs is 1. The molecule has 2 aromatic rings. The van der Waals surface area contributed by atoms with Gasteiger partial charge in [0.25, 0.3) is 0 Å². The second-order valence-corrected chi connectivity index (χ2v) is 7.81. The fourth-order valence-electron chi connectivity index (χ4n) is 2.64. The van der Waals surface area contributed by atoms with Gasteiger partial charge in [-0.1, -0.05) is 24.3 Å². The Hall–Kier alpha value is -2.41. The highest BCUT2D eigenvalue weighted by atomic mass is 32.2. The van der Waals surface area contributed by atoms with Gasteiger partial charge < -0.3 is 4.74 Å². The van der Waals surface area contributed by atoms with Crippen LogP contribution in [0.5, 0.6) is 0 Å². The molecule has 1 atom stereocenters. The van der Waals surface area contributed by atoms with E-state index in [1.54, 1.807) is 25.1 Å². The van der Waals surface area contributed by atoms with Crippen molar-refractivity contribution in [1.29, 1.82) is 0 Å². The lowest BCUT2D eigenvalue weighted by Gasteiger charge is -2.27. The van der Waals surface area contributed by atoms with Gasteiger partial charge in [-0.25, -0.2) is 17.2 Å². The van der Waals surface area contributed by atoms with Gasteiger partial charge in [-0.05, 0) is 19.4 Å². The van der Waals surface area contributed by atoms with Crippen molar-refractivity contribution in [1.82, 2.24) is 8.96 Å². The number of hydrogen-bond donors (Lipinski definition) is 0. The van der Waals surface area contributed by atoms with Crippen LogP contribution in [-0.2, 0) is 14.8 Å². The Balaban J connectivity index is 2.27. The number of carbonyl (C=O) groups is 1. The molecule has 1 unspecified atom stereocenters. The van der Waals surface area contributed by atoms with Crippen LogP contribution in [-0.4, -0.2) is 35.2 Å². The van der Waals surface area contributed by atoms with Crippen LogP contribution in [0.3, 0.4) is 0 Å². The SMILES string of the molecule is COC(=O)c1cncc2ccn(S(=O)(=O)C3(C)C=CC=CC3)c12. The van der Waals surface area contributed by atoms with Crippen molar-refractivity contribution in [3.63, 3.8) is 0 Å². The number of carbonyl (C=O) groups excluding carboxylic acids is 1. The number of nitrogens with zero attached hydrogens (tertiary/aromatic N) is 2. The molecule has 2 heterocycles. The summed E-state index contributed by atoms with van der Waals surface area (Å²) < 4.78 is 31.1. The van der Waals surface area contributed by atoms with Crippen molar-refractivity contribution in [2.75, 3.05) is 7.11 Å². The van der Waals surface area contributed by atoms with Gasteiger partial charge in [0.1, 0.15) is 10.3 Å². The van der Waals surface area contributed by atoms with E-state index in [0.717, 1.165) is 3.97 Å². The molecule has 1 aliphatic carbocycles. The molecule has 0 fully saturated rings. The first-order chi connectivity index (χ1) is 10.9. The average molecular weight is 332 g/mol. The topological polar surface area (TPSA) is 78.3 Å².